The van der Waals surface area contributed by atoms with Gasteiger partial charge in [-0.2, -0.15) is 31.6 Å². The van der Waals surface area contributed by atoms with Crippen LogP contribution in [0, 0.1) is 17.1 Å². The van der Waals surface area contributed by atoms with E-state index < -0.39 is 36.4 Å². The molecule has 1 aromatic carbocycles. The first kappa shape index (κ1) is 16.2. The van der Waals surface area contributed by atoms with E-state index in [1.165, 1.54) is 0 Å². The van der Waals surface area contributed by atoms with Gasteiger partial charge in [0, 0.05) is 5.56 Å². The molecule has 110 valence electrons. The number of alkyl halides is 6. The standard InChI is InChI=1S/C11H6F7NO/c12-8-3-6(4-19)1-2-7(8)5-20-9(10(13,14)15)11(16,17)18/h1-3,9H,5H2. The molecule has 0 bridgehead atoms. The van der Waals surface area contributed by atoms with Crippen LogP contribution in [0.5, 0.6) is 0 Å². The van der Waals surface area contributed by atoms with E-state index >= 15 is 0 Å². The molecule has 0 amide bonds. The molecule has 0 atom stereocenters. The van der Waals surface area contributed by atoms with Gasteiger partial charge in [-0.1, -0.05) is 6.07 Å². The van der Waals surface area contributed by atoms with E-state index in [2.05, 4.69) is 4.74 Å². The summed E-state index contributed by atoms with van der Waals surface area (Å²) < 4.78 is 90.0. The van der Waals surface area contributed by atoms with Gasteiger partial charge in [0.05, 0.1) is 18.2 Å². The Kier molecular flexibility index (Phi) is 4.60. The second-order valence-corrected chi connectivity index (χ2v) is 3.69. The fraction of sp³-hybridized carbons (Fsp3) is 0.364. The average Bonchev–Trinajstić information content (AvgIpc) is 2.27. The predicted octanol–water partition coefficient (Wildman–Crippen LogP) is 3.71. The summed E-state index contributed by atoms with van der Waals surface area (Å²) in [5.41, 5.74) is -0.628. The van der Waals surface area contributed by atoms with Crippen molar-refractivity contribution in [2.45, 2.75) is 25.1 Å². The summed E-state index contributed by atoms with van der Waals surface area (Å²) in [6.45, 7) is -1.22. The summed E-state index contributed by atoms with van der Waals surface area (Å²) in [4.78, 5) is 0. The van der Waals surface area contributed by atoms with Gasteiger partial charge in [-0.05, 0) is 12.1 Å². The number of nitriles is 1. The summed E-state index contributed by atoms with van der Waals surface area (Å²) in [5.74, 6) is -1.12. The molecule has 0 unspecified atom stereocenters. The minimum absolute atomic E-state index is 0.116. The molecule has 0 aliphatic rings. The molecule has 0 saturated heterocycles. The lowest BCUT2D eigenvalue weighted by atomic mass is 10.1. The lowest BCUT2D eigenvalue weighted by Crippen LogP contribution is -2.44. The topological polar surface area (TPSA) is 33.0 Å². The molecule has 0 spiro atoms. The third-order valence-corrected chi connectivity index (χ3v) is 2.18. The van der Waals surface area contributed by atoms with E-state index in [4.69, 9.17) is 5.26 Å². The normalized spacial score (nSPS) is 12.6. The molecule has 0 N–H and O–H groups in total. The lowest BCUT2D eigenvalue weighted by molar-refractivity contribution is -0.324. The van der Waals surface area contributed by atoms with Crippen LogP contribution in [0.15, 0.2) is 18.2 Å². The van der Waals surface area contributed by atoms with Gasteiger partial charge in [0.25, 0.3) is 0 Å². The number of benzene rings is 1. The third-order valence-electron chi connectivity index (χ3n) is 2.18. The number of rotatable bonds is 3. The van der Waals surface area contributed by atoms with Crippen LogP contribution in [0.25, 0.3) is 0 Å². The Labute approximate surface area is 108 Å². The summed E-state index contributed by atoms with van der Waals surface area (Å²) >= 11 is 0. The van der Waals surface area contributed by atoms with E-state index in [9.17, 15) is 30.7 Å². The van der Waals surface area contributed by atoms with Gasteiger partial charge in [-0.15, -0.1) is 0 Å². The summed E-state index contributed by atoms with van der Waals surface area (Å²) in [6, 6.07) is 4.20. The van der Waals surface area contributed by atoms with E-state index in [1.54, 1.807) is 6.07 Å². The van der Waals surface area contributed by atoms with Crippen LogP contribution >= 0.6 is 0 Å². The SMILES string of the molecule is N#Cc1ccc(COC(C(F)(F)F)C(F)(F)F)c(F)c1. The second-order valence-electron chi connectivity index (χ2n) is 3.69. The van der Waals surface area contributed by atoms with Crippen molar-refractivity contribution >= 4 is 0 Å². The summed E-state index contributed by atoms with van der Waals surface area (Å²) in [7, 11) is 0. The first-order valence-corrected chi connectivity index (χ1v) is 4.99. The van der Waals surface area contributed by atoms with Gasteiger partial charge in [0.1, 0.15) is 5.82 Å². The van der Waals surface area contributed by atoms with Crippen molar-refractivity contribution in [1.29, 1.82) is 5.26 Å². The average molecular weight is 301 g/mol. The predicted molar refractivity (Wildman–Crippen MR) is 51.8 cm³/mol. The van der Waals surface area contributed by atoms with Crippen LogP contribution in [-0.2, 0) is 11.3 Å². The van der Waals surface area contributed by atoms with E-state index in [1.807, 2.05) is 0 Å². The van der Waals surface area contributed by atoms with Crippen molar-refractivity contribution in [2.24, 2.45) is 0 Å². The minimum atomic E-state index is -5.65. The Hall–Kier alpha value is -1.82. The minimum Gasteiger partial charge on any atom is -0.356 e. The van der Waals surface area contributed by atoms with Crippen molar-refractivity contribution in [3.8, 4) is 6.07 Å². The maximum Gasteiger partial charge on any atom is 0.423 e. The molecule has 0 fully saturated rings. The number of hydrogen-bond donors (Lipinski definition) is 0. The number of nitrogens with zero attached hydrogens (tertiary/aromatic N) is 1. The maximum atomic E-state index is 13.3. The Morgan fingerprint density at radius 1 is 1.10 bits per heavy atom. The zero-order valence-electron chi connectivity index (χ0n) is 9.52. The van der Waals surface area contributed by atoms with Crippen molar-refractivity contribution in [3.63, 3.8) is 0 Å². The van der Waals surface area contributed by atoms with Crippen LogP contribution in [-0.4, -0.2) is 18.5 Å². The monoisotopic (exact) mass is 301 g/mol. The molecule has 0 saturated carbocycles. The summed E-state index contributed by atoms with van der Waals surface area (Å²) in [6.07, 6.45) is -15.3. The first-order chi connectivity index (χ1) is 9.05. The van der Waals surface area contributed by atoms with Crippen molar-refractivity contribution in [2.75, 3.05) is 0 Å². The van der Waals surface area contributed by atoms with Gasteiger partial charge >= 0.3 is 12.4 Å². The molecular formula is C11H6F7NO. The number of ether oxygens (including phenoxy) is 1. The molecule has 9 heteroatoms. The molecule has 0 aliphatic carbocycles. The van der Waals surface area contributed by atoms with Crippen molar-refractivity contribution < 1.29 is 35.5 Å². The van der Waals surface area contributed by atoms with Crippen LogP contribution in [0.2, 0.25) is 0 Å². The van der Waals surface area contributed by atoms with Gasteiger partial charge in [0.15, 0.2) is 0 Å². The quantitative estimate of drug-likeness (QED) is 0.797. The fourth-order valence-corrected chi connectivity index (χ4v) is 1.28. The highest BCUT2D eigenvalue weighted by molar-refractivity contribution is 5.32. The molecule has 1 rings (SSSR count). The van der Waals surface area contributed by atoms with Crippen LogP contribution < -0.4 is 0 Å². The van der Waals surface area contributed by atoms with Crippen molar-refractivity contribution in [3.05, 3.63) is 35.1 Å². The van der Waals surface area contributed by atoms with Crippen molar-refractivity contribution in [1.82, 2.24) is 0 Å². The highest BCUT2D eigenvalue weighted by Crippen LogP contribution is 2.36. The number of halogens is 7. The Bertz CT molecular complexity index is 501. The van der Waals surface area contributed by atoms with Gasteiger partial charge in [0.2, 0.25) is 6.10 Å². The van der Waals surface area contributed by atoms with E-state index in [0.717, 1.165) is 12.1 Å². The zero-order valence-corrected chi connectivity index (χ0v) is 9.52. The largest absolute Gasteiger partial charge is 0.423 e. The van der Waals surface area contributed by atoms with Gasteiger partial charge in [-0.25, -0.2) is 4.39 Å². The zero-order chi connectivity index (χ0) is 15.6. The highest BCUT2D eigenvalue weighted by atomic mass is 19.4. The maximum absolute atomic E-state index is 13.3. The third kappa shape index (κ3) is 4.09. The van der Waals surface area contributed by atoms with Gasteiger partial charge in [-0.3, -0.25) is 0 Å². The molecule has 2 nitrogen and oxygen atoms in total. The Morgan fingerprint density at radius 3 is 2.05 bits per heavy atom. The van der Waals surface area contributed by atoms with Crippen LogP contribution in [0.4, 0.5) is 30.7 Å². The molecule has 0 radical (unpaired) electrons. The van der Waals surface area contributed by atoms with E-state index in [0.29, 0.717) is 6.07 Å². The molecule has 0 aliphatic heterocycles. The first-order valence-electron chi connectivity index (χ1n) is 4.99. The smallest absolute Gasteiger partial charge is 0.356 e. The summed E-state index contributed by atoms with van der Waals surface area (Å²) in [5, 5.41) is 8.44. The van der Waals surface area contributed by atoms with Crippen LogP contribution in [0.3, 0.4) is 0 Å². The van der Waals surface area contributed by atoms with Gasteiger partial charge < -0.3 is 4.74 Å². The molecule has 1 aromatic rings. The van der Waals surface area contributed by atoms with E-state index in [-0.39, 0.29) is 5.56 Å². The number of hydrogen-bond acceptors (Lipinski definition) is 2. The molecule has 0 aromatic heterocycles. The Balaban J connectivity index is 2.87. The highest BCUT2D eigenvalue weighted by Gasteiger charge is 2.57. The fourth-order valence-electron chi connectivity index (χ4n) is 1.28. The molecule has 0 heterocycles. The Morgan fingerprint density at radius 2 is 1.65 bits per heavy atom. The van der Waals surface area contributed by atoms with Crippen LogP contribution in [0.1, 0.15) is 11.1 Å². The lowest BCUT2D eigenvalue weighted by Gasteiger charge is -2.23. The second kappa shape index (κ2) is 5.66. The molecular weight excluding hydrogens is 295 g/mol. The molecule has 20 heavy (non-hydrogen) atoms.